The van der Waals surface area contributed by atoms with Crippen LogP contribution in [-0.2, 0) is 31.4 Å². The van der Waals surface area contributed by atoms with Gasteiger partial charge in [0.2, 0.25) is 5.95 Å². The van der Waals surface area contributed by atoms with Gasteiger partial charge in [-0.1, -0.05) is 30.3 Å². The standard InChI is InChI=1S/C26H32N6O2/c1-29-21-11-16-32(26(33)34-18-19-9-3-2-4-10-19)17-20(21)22-23(29)27-25(31-14-7-8-15-31)28-24(22)30-12-5-6-13-30/h2-4,9-10H,5-8,11-18H2,1H3. The second-order valence-electron chi connectivity index (χ2n) is 9.63. The van der Waals surface area contributed by atoms with Crippen molar-refractivity contribution >= 4 is 28.9 Å². The third kappa shape index (κ3) is 3.75. The van der Waals surface area contributed by atoms with Crippen molar-refractivity contribution in [2.75, 3.05) is 42.5 Å². The van der Waals surface area contributed by atoms with Crippen LogP contribution in [0.3, 0.4) is 0 Å². The predicted octanol–water partition coefficient (Wildman–Crippen LogP) is 3.86. The first kappa shape index (κ1) is 21.3. The van der Waals surface area contributed by atoms with Crippen LogP contribution in [0.5, 0.6) is 0 Å². The number of hydrogen-bond donors (Lipinski definition) is 0. The third-order valence-electron chi connectivity index (χ3n) is 7.46. The summed E-state index contributed by atoms with van der Waals surface area (Å²) < 4.78 is 7.88. The summed E-state index contributed by atoms with van der Waals surface area (Å²) in [7, 11) is 2.11. The number of ether oxygens (including phenoxy) is 1. The molecular formula is C26H32N6O2. The first-order chi connectivity index (χ1) is 16.7. The lowest BCUT2D eigenvalue weighted by molar-refractivity contribution is 0.0917. The van der Waals surface area contributed by atoms with E-state index in [0.717, 1.165) is 61.0 Å². The molecule has 6 rings (SSSR count). The molecule has 3 aliphatic rings. The van der Waals surface area contributed by atoms with E-state index >= 15 is 0 Å². The normalized spacial score (nSPS) is 18.1. The van der Waals surface area contributed by atoms with Crippen LogP contribution in [0, 0.1) is 0 Å². The molecule has 0 unspecified atom stereocenters. The van der Waals surface area contributed by atoms with Crippen LogP contribution in [0.25, 0.3) is 11.0 Å². The van der Waals surface area contributed by atoms with Crippen LogP contribution < -0.4 is 9.80 Å². The summed E-state index contributed by atoms with van der Waals surface area (Å²) in [5, 5.41) is 1.11. The number of aryl methyl sites for hydroxylation is 1. The van der Waals surface area contributed by atoms with Gasteiger partial charge < -0.3 is 24.0 Å². The molecule has 0 N–H and O–H groups in total. The maximum Gasteiger partial charge on any atom is 0.410 e. The highest BCUT2D eigenvalue weighted by Gasteiger charge is 2.32. The lowest BCUT2D eigenvalue weighted by Crippen LogP contribution is -2.36. The Hall–Kier alpha value is -3.29. The van der Waals surface area contributed by atoms with Crippen molar-refractivity contribution in [1.82, 2.24) is 19.4 Å². The van der Waals surface area contributed by atoms with Gasteiger partial charge in [0, 0.05) is 57.4 Å². The summed E-state index contributed by atoms with van der Waals surface area (Å²) in [5.74, 6) is 1.89. The fourth-order valence-corrected chi connectivity index (χ4v) is 5.60. The summed E-state index contributed by atoms with van der Waals surface area (Å²) in [6.07, 6.45) is 5.31. The lowest BCUT2D eigenvalue weighted by Gasteiger charge is -2.28. The average molecular weight is 461 g/mol. The molecule has 2 saturated heterocycles. The summed E-state index contributed by atoms with van der Waals surface area (Å²) in [6.45, 7) is 5.58. The molecule has 0 spiro atoms. The van der Waals surface area contributed by atoms with Crippen molar-refractivity contribution in [1.29, 1.82) is 0 Å². The number of aromatic nitrogens is 3. The second-order valence-corrected chi connectivity index (χ2v) is 9.63. The molecule has 0 saturated carbocycles. The zero-order valence-electron chi connectivity index (χ0n) is 19.9. The van der Waals surface area contributed by atoms with Gasteiger partial charge in [0.15, 0.2) is 0 Å². The first-order valence-electron chi connectivity index (χ1n) is 12.5. The smallest absolute Gasteiger partial charge is 0.410 e. The average Bonchev–Trinajstić information content (AvgIpc) is 3.65. The largest absolute Gasteiger partial charge is 0.445 e. The van der Waals surface area contributed by atoms with Crippen molar-refractivity contribution in [2.45, 2.75) is 45.3 Å². The fourth-order valence-electron chi connectivity index (χ4n) is 5.60. The molecule has 34 heavy (non-hydrogen) atoms. The Labute approximate surface area is 200 Å². The first-order valence-corrected chi connectivity index (χ1v) is 12.5. The minimum absolute atomic E-state index is 0.260. The highest BCUT2D eigenvalue weighted by atomic mass is 16.6. The molecular weight excluding hydrogens is 428 g/mol. The van der Waals surface area contributed by atoms with Crippen molar-refractivity contribution in [3.63, 3.8) is 0 Å². The summed E-state index contributed by atoms with van der Waals surface area (Å²) >= 11 is 0. The molecule has 0 atom stereocenters. The van der Waals surface area contributed by atoms with Gasteiger partial charge in [0.05, 0.1) is 11.9 Å². The van der Waals surface area contributed by atoms with Gasteiger partial charge in [-0.25, -0.2) is 4.79 Å². The van der Waals surface area contributed by atoms with Gasteiger partial charge in [0.1, 0.15) is 18.1 Å². The monoisotopic (exact) mass is 460 g/mol. The fraction of sp³-hybridized carbons (Fsp3) is 0.500. The highest BCUT2D eigenvalue weighted by Crippen LogP contribution is 2.37. The number of carbonyl (C=O) groups is 1. The molecule has 0 aliphatic carbocycles. The van der Waals surface area contributed by atoms with E-state index < -0.39 is 0 Å². The Morgan fingerprint density at radius 1 is 0.941 bits per heavy atom. The highest BCUT2D eigenvalue weighted by molar-refractivity contribution is 5.94. The van der Waals surface area contributed by atoms with Gasteiger partial charge in [0.25, 0.3) is 0 Å². The summed E-state index contributed by atoms with van der Waals surface area (Å²) in [6, 6.07) is 9.84. The van der Waals surface area contributed by atoms with Crippen LogP contribution in [0.1, 0.15) is 42.5 Å². The summed E-state index contributed by atoms with van der Waals surface area (Å²) in [5.41, 5.74) is 4.42. The number of rotatable bonds is 4. The Morgan fingerprint density at radius 3 is 2.38 bits per heavy atom. The molecule has 3 aromatic rings. The zero-order valence-corrected chi connectivity index (χ0v) is 19.9. The maximum absolute atomic E-state index is 12.9. The zero-order chi connectivity index (χ0) is 23.1. The number of benzene rings is 1. The quantitative estimate of drug-likeness (QED) is 0.589. The van der Waals surface area contributed by atoms with E-state index in [9.17, 15) is 4.79 Å². The molecule has 3 aliphatic heterocycles. The van der Waals surface area contributed by atoms with E-state index in [1.165, 1.54) is 36.9 Å². The van der Waals surface area contributed by atoms with Gasteiger partial charge in [-0.15, -0.1) is 0 Å². The lowest BCUT2D eigenvalue weighted by atomic mass is 10.1. The van der Waals surface area contributed by atoms with Gasteiger partial charge in [-0.2, -0.15) is 9.97 Å². The molecule has 8 heteroatoms. The second kappa shape index (κ2) is 8.81. The van der Waals surface area contributed by atoms with Crippen molar-refractivity contribution in [2.24, 2.45) is 7.05 Å². The minimum Gasteiger partial charge on any atom is -0.445 e. The molecule has 178 valence electrons. The Bertz CT molecular complexity index is 1200. The van der Waals surface area contributed by atoms with Crippen LogP contribution >= 0.6 is 0 Å². The molecule has 2 fully saturated rings. The van der Waals surface area contributed by atoms with Crippen molar-refractivity contribution in [3.05, 3.63) is 47.2 Å². The van der Waals surface area contributed by atoms with Gasteiger partial charge in [-0.05, 0) is 31.2 Å². The number of carbonyl (C=O) groups excluding carboxylic acids is 1. The number of amides is 1. The van der Waals surface area contributed by atoms with Gasteiger partial charge >= 0.3 is 6.09 Å². The number of nitrogens with zero attached hydrogens (tertiary/aromatic N) is 6. The minimum atomic E-state index is -0.260. The van der Waals surface area contributed by atoms with Crippen LogP contribution in [-0.4, -0.2) is 58.3 Å². The topological polar surface area (TPSA) is 66.7 Å². The van der Waals surface area contributed by atoms with E-state index in [0.29, 0.717) is 19.7 Å². The number of anilines is 2. The molecule has 0 bridgehead atoms. The van der Waals surface area contributed by atoms with Gasteiger partial charge in [-0.3, -0.25) is 0 Å². The number of fused-ring (bicyclic) bond motifs is 3. The summed E-state index contributed by atoms with van der Waals surface area (Å²) in [4.78, 5) is 29.7. The SMILES string of the molecule is Cn1c2c(c3c(N4CCCC4)nc(N4CCCC4)nc31)CN(C(=O)OCc1ccccc1)CC2. The molecule has 5 heterocycles. The van der Waals surface area contributed by atoms with Crippen molar-refractivity contribution < 1.29 is 9.53 Å². The molecule has 0 radical (unpaired) electrons. The van der Waals surface area contributed by atoms with E-state index in [1.807, 2.05) is 35.2 Å². The third-order valence-corrected chi connectivity index (χ3v) is 7.46. The Morgan fingerprint density at radius 2 is 1.65 bits per heavy atom. The van der Waals surface area contributed by atoms with E-state index in [-0.39, 0.29) is 6.09 Å². The molecule has 1 amide bonds. The van der Waals surface area contributed by atoms with E-state index in [2.05, 4.69) is 21.4 Å². The molecule has 1 aromatic carbocycles. The van der Waals surface area contributed by atoms with Crippen LogP contribution in [0.2, 0.25) is 0 Å². The molecule has 2 aromatic heterocycles. The van der Waals surface area contributed by atoms with Crippen LogP contribution in [0.4, 0.5) is 16.6 Å². The van der Waals surface area contributed by atoms with Crippen LogP contribution in [0.15, 0.2) is 30.3 Å². The Balaban J connectivity index is 1.34. The Kier molecular flexibility index (Phi) is 5.51. The van der Waals surface area contributed by atoms with E-state index in [4.69, 9.17) is 14.7 Å². The van der Waals surface area contributed by atoms with E-state index in [1.54, 1.807) is 0 Å². The molecule has 8 nitrogen and oxygen atoms in total. The maximum atomic E-state index is 12.9. The van der Waals surface area contributed by atoms with Crippen molar-refractivity contribution in [3.8, 4) is 0 Å². The number of hydrogen-bond acceptors (Lipinski definition) is 6. The predicted molar refractivity (Wildman–Crippen MR) is 132 cm³/mol.